The van der Waals surface area contributed by atoms with Gasteiger partial charge in [0.05, 0.1) is 19.3 Å². The smallest absolute Gasteiger partial charge is 0.164 e. The summed E-state index contributed by atoms with van der Waals surface area (Å²) in [4.78, 5) is 15.4. The number of hydrogen-bond donors (Lipinski definition) is 1. The van der Waals surface area contributed by atoms with E-state index in [0.717, 1.165) is 30.8 Å². The van der Waals surface area contributed by atoms with Crippen molar-refractivity contribution in [3.8, 4) is 11.4 Å². The lowest BCUT2D eigenvalue weighted by atomic mass is 10.2. The van der Waals surface area contributed by atoms with Crippen LogP contribution in [0, 0.1) is 0 Å². The molecule has 0 unspecified atom stereocenters. The van der Waals surface area contributed by atoms with Crippen LogP contribution >= 0.6 is 0 Å². The molecule has 2 N–H and O–H groups in total. The molecule has 1 saturated carbocycles. The molecule has 4 rings (SSSR count). The summed E-state index contributed by atoms with van der Waals surface area (Å²) < 4.78 is 22.1. The van der Waals surface area contributed by atoms with Crippen LogP contribution in [0.4, 0.5) is 17.5 Å². The molecule has 3 heterocycles. The Kier molecular flexibility index (Phi) is 4.73. The molecule has 1 saturated heterocycles. The fourth-order valence-corrected chi connectivity index (χ4v) is 3.80. The molecular formula is C17H21N6O2S-. The van der Waals surface area contributed by atoms with Crippen LogP contribution in [0.5, 0.6) is 0 Å². The Balaban J connectivity index is 1.78. The first-order chi connectivity index (χ1) is 12.6. The van der Waals surface area contributed by atoms with Gasteiger partial charge in [0.15, 0.2) is 5.82 Å². The lowest BCUT2D eigenvalue weighted by molar-refractivity contribution is 0.0985. The first-order valence-electron chi connectivity index (χ1n) is 8.68. The van der Waals surface area contributed by atoms with Gasteiger partial charge in [0.25, 0.3) is 0 Å². The van der Waals surface area contributed by atoms with Gasteiger partial charge in [-0.1, -0.05) is 18.1 Å². The topological polar surface area (TPSA) is 107 Å². The number of hydrogen-bond acceptors (Lipinski definition) is 9. The van der Waals surface area contributed by atoms with Crippen LogP contribution in [0.25, 0.3) is 11.4 Å². The number of nitrogens with zero attached hydrogens (tertiary/aromatic N) is 5. The zero-order valence-electron chi connectivity index (χ0n) is 14.5. The van der Waals surface area contributed by atoms with Crippen molar-refractivity contribution in [2.24, 2.45) is 4.36 Å². The molecule has 2 aliphatic rings. The van der Waals surface area contributed by atoms with E-state index in [-0.39, 0.29) is 11.3 Å². The van der Waals surface area contributed by atoms with Crippen LogP contribution < -0.4 is 10.6 Å². The number of pyridine rings is 1. The number of morpholine rings is 1. The average Bonchev–Trinajstić information content (AvgIpc) is 3.47. The number of aromatic nitrogens is 3. The number of nitrogens with two attached hydrogens (primary N) is 1. The minimum Gasteiger partial charge on any atom is -0.444 e. The third kappa shape index (κ3) is 3.78. The van der Waals surface area contributed by atoms with E-state index in [1.807, 2.05) is 0 Å². The predicted octanol–water partition coefficient (Wildman–Crippen LogP) is 2.29. The first kappa shape index (κ1) is 17.2. The number of ether oxygens (including phenoxy) is 1. The summed E-state index contributed by atoms with van der Waals surface area (Å²) >= 11 is 0. The maximum Gasteiger partial charge on any atom is 0.164 e. The average molecular weight is 373 g/mol. The van der Waals surface area contributed by atoms with Gasteiger partial charge in [0.2, 0.25) is 0 Å². The van der Waals surface area contributed by atoms with Crippen molar-refractivity contribution >= 4 is 28.0 Å². The Morgan fingerprint density at radius 1 is 1.35 bits per heavy atom. The molecule has 8 nitrogen and oxygen atoms in total. The molecule has 1 atom stereocenters. The SMILES string of the molecule is C[C@@H]1COCCN1c1cc(N=[S-](=O)C2CC2)nc(-c2ccnc(N)c2)n1. The summed E-state index contributed by atoms with van der Waals surface area (Å²) in [6.07, 6.45) is 3.54. The largest absolute Gasteiger partial charge is 0.444 e. The van der Waals surface area contributed by atoms with Crippen molar-refractivity contribution in [2.75, 3.05) is 30.4 Å². The fourth-order valence-electron chi connectivity index (χ4n) is 2.84. The minimum absolute atomic E-state index is 0.163. The second-order valence-corrected chi connectivity index (χ2v) is 7.96. The van der Waals surface area contributed by atoms with Crippen molar-refractivity contribution in [2.45, 2.75) is 31.1 Å². The van der Waals surface area contributed by atoms with E-state index >= 15 is 0 Å². The van der Waals surface area contributed by atoms with Gasteiger partial charge in [-0.2, -0.15) is 10.6 Å². The highest BCUT2D eigenvalue weighted by Gasteiger charge is 2.22. The summed E-state index contributed by atoms with van der Waals surface area (Å²) in [7, 11) is -1.25. The van der Waals surface area contributed by atoms with Gasteiger partial charge >= 0.3 is 0 Å². The van der Waals surface area contributed by atoms with Gasteiger partial charge in [-0.15, -0.1) is 0 Å². The van der Waals surface area contributed by atoms with E-state index in [4.69, 9.17) is 15.5 Å². The second kappa shape index (κ2) is 7.16. The third-order valence-corrected chi connectivity index (χ3v) is 5.80. The Morgan fingerprint density at radius 2 is 2.19 bits per heavy atom. The van der Waals surface area contributed by atoms with Gasteiger partial charge in [-0.25, -0.2) is 15.0 Å². The van der Waals surface area contributed by atoms with E-state index in [0.29, 0.717) is 30.7 Å². The van der Waals surface area contributed by atoms with Crippen LogP contribution in [0.15, 0.2) is 28.8 Å². The molecular weight excluding hydrogens is 352 g/mol. The Hall–Kier alpha value is -2.26. The molecule has 2 aromatic rings. The quantitative estimate of drug-likeness (QED) is 0.819. The summed E-state index contributed by atoms with van der Waals surface area (Å²) in [5.41, 5.74) is 6.56. The van der Waals surface area contributed by atoms with Crippen molar-refractivity contribution in [1.82, 2.24) is 15.0 Å². The summed E-state index contributed by atoms with van der Waals surface area (Å²) in [6, 6.07) is 5.52. The maximum absolute atomic E-state index is 12.2. The highest BCUT2D eigenvalue weighted by molar-refractivity contribution is 7.76. The van der Waals surface area contributed by atoms with E-state index in [1.165, 1.54) is 0 Å². The zero-order chi connectivity index (χ0) is 18.1. The zero-order valence-corrected chi connectivity index (χ0v) is 15.4. The van der Waals surface area contributed by atoms with E-state index in [9.17, 15) is 4.21 Å². The van der Waals surface area contributed by atoms with Crippen LogP contribution in [0.3, 0.4) is 0 Å². The Morgan fingerprint density at radius 3 is 2.92 bits per heavy atom. The molecule has 0 bridgehead atoms. The normalized spacial score (nSPS) is 21.7. The summed E-state index contributed by atoms with van der Waals surface area (Å²) in [5, 5.41) is 0.163. The van der Waals surface area contributed by atoms with Gasteiger partial charge in [0, 0.05) is 24.4 Å². The standard InChI is InChI=1S/C17H21N6O2S/c1-11-10-25-7-6-23(11)16-9-15(22-26(24)13-2-3-13)20-17(21-16)12-4-5-19-14(18)8-12/h4-5,8-9,11,13H,2-3,6-7,10H2,1H3,(H2,18,19)/q-1/t11-/m1/s1. The summed E-state index contributed by atoms with van der Waals surface area (Å²) in [6.45, 7) is 4.11. The van der Waals surface area contributed by atoms with E-state index in [1.54, 1.807) is 24.4 Å². The Labute approximate surface area is 154 Å². The molecule has 0 aromatic carbocycles. The highest BCUT2D eigenvalue weighted by atomic mass is 32.2. The van der Waals surface area contributed by atoms with Crippen LogP contribution in [-0.2, 0) is 19.5 Å². The number of anilines is 2. The number of nitrogen functional groups attached to an aromatic ring is 1. The monoisotopic (exact) mass is 373 g/mol. The van der Waals surface area contributed by atoms with Crippen LogP contribution in [0.2, 0.25) is 0 Å². The molecule has 9 heteroatoms. The molecule has 2 aromatic heterocycles. The molecule has 26 heavy (non-hydrogen) atoms. The van der Waals surface area contributed by atoms with Crippen molar-refractivity contribution in [3.05, 3.63) is 24.4 Å². The van der Waals surface area contributed by atoms with Gasteiger partial charge < -0.3 is 23.9 Å². The molecule has 0 amide bonds. The van der Waals surface area contributed by atoms with Crippen LogP contribution in [-0.4, -0.2) is 46.0 Å². The molecule has 1 aliphatic carbocycles. The van der Waals surface area contributed by atoms with Crippen LogP contribution in [0.1, 0.15) is 19.8 Å². The number of rotatable bonds is 4. The predicted molar refractivity (Wildman–Crippen MR) is 100 cm³/mol. The van der Waals surface area contributed by atoms with Gasteiger partial charge in [0.1, 0.15) is 17.5 Å². The van der Waals surface area contributed by atoms with Crippen molar-refractivity contribution in [1.29, 1.82) is 0 Å². The van der Waals surface area contributed by atoms with Gasteiger partial charge in [-0.3, -0.25) is 0 Å². The van der Waals surface area contributed by atoms with Crippen molar-refractivity contribution < 1.29 is 8.95 Å². The van der Waals surface area contributed by atoms with Gasteiger partial charge in [-0.05, 0) is 19.1 Å². The molecule has 0 spiro atoms. The Bertz CT molecular complexity index is 895. The summed E-state index contributed by atoms with van der Waals surface area (Å²) in [5.74, 6) is 2.09. The van der Waals surface area contributed by atoms with E-state index in [2.05, 4.69) is 26.2 Å². The molecule has 138 valence electrons. The lowest BCUT2D eigenvalue weighted by Crippen LogP contribution is -2.44. The third-order valence-electron chi connectivity index (χ3n) is 4.39. The second-order valence-electron chi connectivity index (χ2n) is 6.56. The molecule has 1 aliphatic heterocycles. The van der Waals surface area contributed by atoms with Crippen molar-refractivity contribution in [3.63, 3.8) is 0 Å². The lowest BCUT2D eigenvalue weighted by Gasteiger charge is -2.34. The molecule has 0 radical (unpaired) electrons. The van der Waals surface area contributed by atoms with E-state index < -0.39 is 10.6 Å². The fraction of sp³-hybridized carbons (Fsp3) is 0.471. The minimum atomic E-state index is -1.25. The maximum atomic E-state index is 12.2. The molecule has 2 fully saturated rings. The highest BCUT2D eigenvalue weighted by Crippen LogP contribution is 2.29. The first-order valence-corrected chi connectivity index (χ1v) is 9.85.